The Morgan fingerprint density at radius 3 is 2.79 bits per heavy atom. The van der Waals surface area contributed by atoms with Crippen molar-refractivity contribution >= 4 is 5.91 Å². The zero-order valence-electron chi connectivity index (χ0n) is 15.3. The van der Waals surface area contributed by atoms with Crippen molar-refractivity contribution in [3.8, 4) is 17.2 Å². The van der Waals surface area contributed by atoms with Gasteiger partial charge in [-0.15, -0.1) is 10.2 Å². The second-order valence-electron chi connectivity index (χ2n) is 6.71. The second kappa shape index (κ2) is 6.49. The lowest BCUT2D eigenvalue weighted by Crippen LogP contribution is -2.36. The van der Waals surface area contributed by atoms with E-state index < -0.39 is 0 Å². The Morgan fingerprint density at radius 2 is 2.00 bits per heavy atom. The number of aromatic nitrogens is 5. The fourth-order valence-electron chi connectivity index (χ4n) is 3.68. The molecule has 4 aromatic rings. The molecule has 0 saturated carbocycles. The lowest BCUT2D eigenvalue weighted by Gasteiger charge is -2.26. The maximum absolute atomic E-state index is 12.7. The van der Waals surface area contributed by atoms with Crippen molar-refractivity contribution < 1.29 is 9.21 Å². The van der Waals surface area contributed by atoms with E-state index in [1.54, 1.807) is 23.4 Å². The molecular weight excluding hydrogens is 356 g/mol. The standard InChI is InChI=1S/C20H18N6O2/c1-24-16-9-10-25(20(27)17-8-5-11-28-17)12-15(16)18(23-24)19-22-21-13-26(19)14-6-3-2-4-7-14/h2-8,11,13H,9-10,12H2,1H3. The summed E-state index contributed by atoms with van der Waals surface area (Å²) in [6.07, 6.45) is 3.92. The van der Waals surface area contributed by atoms with Gasteiger partial charge in [-0.05, 0) is 24.3 Å². The quantitative estimate of drug-likeness (QED) is 0.550. The molecule has 0 radical (unpaired) electrons. The van der Waals surface area contributed by atoms with Crippen molar-refractivity contribution in [2.24, 2.45) is 7.05 Å². The van der Waals surface area contributed by atoms with E-state index in [1.165, 1.54) is 6.26 Å². The smallest absolute Gasteiger partial charge is 0.289 e. The topological polar surface area (TPSA) is 82.0 Å². The number of hydrogen-bond acceptors (Lipinski definition) is 5. The molecule has 0 spiro atoms. The molecule has 140 valence electrons. The van der Waals surface area contributed by atoms with Crippen LogP contribution in [0, 0.1) is 0 Å². The van der Waals surface area contributed by atoms with E-state index in [1.807, 2.05) is 46.6 Å². The first-order valence-electron chi connectivity index (χ1n) is 9.05. The highest BCUT2D eigenvalue weighted by Gasteiger charge is 2.30. The predicted molar refractivity (Wildman–Crippen MR) is 101 cm³/mol. The van der Waals surface area contributed by atoms with Crippen molar-refractivity contribution in [1.29, 1.82) is 0 Å². The van der Waals surface area contributed by atoms with Crippen LogP contribution >= 0.6 is 0 Å². The Bertz CT molecular complexity index is 1130. The van der Waals surface area contributed by atoms with Gasteiger partial charge in [-0.3, -0.25) is 14.0 Å². The summed E-state index contributed by atoms with van der Waals surface area (Å²) >= 11 is 0. The Balaban J connectivity index is 1.55. The van der Waals surface area contributed by atoms with Crippen LogP contribution < -0.4 is 0 Å². The molecule has 1 amide bonds. The van der Waals surface area contributed by atoms with Crippen molar-refractivity contribution in [2.75, 3.05) is 6.54 Å². The molecule has 8 nitrogen and oxygen atoms in total. The molecule has 1 aliphatic heterocycles. The van der Waals surface area contributed by atoms with Crippen molar-refractivity contribution in [2.45, 2.75) is 13.0 Å². The van der Waals surface area contributed by atoms with Gasteiger partial charge >= 0.3 is 0 Å². The number of nitrogens with zero attached hydrogens (tertiary/aromatic N) is 6. The maximum atomic E-state index is 12.7. The van der Waals surface area contributed by atoms with Crippen molar-refractivity contribution in [1.82, 2.24) is 29.4 Å². The Labute approximate surface area is 161 Å². The minimum Gasteiger partial charge on any atom is -0.459 e. The number of aryl methyl sites for hydroxylation is 1. The summed E-state index contributed by atoms with van der Waals surface area (Å²) in [7, 11) is 1.93. The molecule has 0 fully saturated rings. The fraction of sp³-hybridized carbons (Fsp3) is 0.200. The summed E-state index contributed by atoms with van der Waals surface area (Å²) in [5, 5.41) is 13.1. The van der Waals surface area contributed by atoms with Crippen LogP contribution in [0.15, 0.2) is 59.5 Å². The van der Waals surface area contributed by atoms with Gasteiger partial charge in [-0.2, -0.15) is 5.10 Å². The first kappa shape index (κ1) is 16.5. The third-order valence-electron chi connectivity index (χ3n) is 5.06. The minimum absolute atomic E-state index is 0.116. The summed E-state index contributed by atoms with van der Waals surface area (Å²) in [6.45, 7) is 1.08. The van der Waals surface area contributed by atoms with E-state index in [4.69, 9.17) is 9.52 Å². The van der Waals surface area contributed by atoms with Crippen LogP contribution in [0.5, 0.6) is 0 Å². The van der Waals surface area contributed by atoms with E-state index in [9.17, 15) is 4.79 Å². The molecule has 0 N–H and O–H groups in total. The van der Waals surface area contributed by atoms with E-state index in [0.29, 0.717) is 24.7 Å². The summed E-state index contributed by atoms with van der Waals surface area (Å²) in [5.74, 6) is 0.895. The number of benzene rings is 1. The number of amides is 1. The molecule has 0 aliphatic carbocycles. The van der Waals surface area contributed by atoms with Crippen molar-refractivity contribution in [3.05, 3.63) is 72.1 Å². The number of para-hydroxylation sites is 1. The summed E-state index contributed by atoms with van der Waals surface area (Å²) in [4.78, 5) is 14.5. The van der Waals surface area contributed by atoms with Gasteiger partial charge in [-0.1, -0.05) is 18.2 Å². The average Bonchev–Trinajstić information content (AvgIpc) is 3.48. The first-order valence-corrected chi connectivity index (χ1v) is 9.05. The predicted octanol–water partition coefficient (Wildman–Crippen LogP) is 2.46. The monoisotopic (exact) mass is 374 g/mol. The van der Waals surface area contributed by atoms with E-state index in [2.05, 4.69) is 10.2 Å². The third-order valence-corrected chi connectivity index (χ3v) is 5.06. The Kier molecular flexibility index (Phi) is 3.82. The minimum atomic E-state index is -0.116. The number of carbonyl (C=O) groups excluding carboxylic acids is 1. The summed E-state index contributed by atoms with van der Waals surface area (Å²) in [6, 6.07) is 13.3. The third kappa shape index (κ3) is 2.61. The fourth-order valence-corrected chi connectivity index (χ4v) is 3.68. The number of carbonyl (C=O) groups is 1. The van der Waals surface area contributed by atoms with Gasteiger partial charge in [0.25, 0.3) is 5.91 Å². The maximum Gasteiger partial charge on any atom is 0.289 e. The molecule has 28 heavy (non-hydrogen) atoms. The van der Waals surface area contributed by atoms with Crippen LogP contribution in [-0.4, -0.2) is 41.9 Å². The highest BCUT2D eigenvalue weighted by atomic mass is 16.3. The Morgan fingerprint density at radius 1 is 1.14 bits per heavy atom. The highest BCUT2D eigenvalue weighted by Crippen LogP contribution is 2.30. The van der Waals surface area contributed by atoms with Crippen LogP contribution in [0.1, 0.15) is 21.8 Å². The van der Waals surface area contributed by atoms with Gasteiger partial charge in [0, 0.05) is 37.0 Å². The Hall–Kier alpha value is -3.68. The zero-order valence-corrected chi connectivity index (χ0v) is 15.3. The molecule has 0 bridgehead atoms. The van der Waals surface area contributed by atoms with Gasteiger partial charge in [0.2, 0.25) is 0 Å². The number of furan rings is 1. The van der Waals surface area contributed by atoms with Crippen LogP contribution in [0.25, 0.3) is 17.2 Å². The van der Waals surface area contributed by atoms with Gasteiger partial charge in [0.1, 0.15) is 12.0 Å². The molecule has 1 aliphatic rings. The molecule has 5 rings (SSSR count). The lowest BCUT2D eigenvalue weighted by molar-refractivity contribution is 0.0701. The second-order valence-corrected chi connectivity index (χ2v) is 6.71. The van der Waals surface area contributed by atoms with Crippen LogP contribution in [0.4, 0.5) is 0 Å². The van der Waals surface area contributed by atoms with Crippen LogP contribution in [0.3, 0.4) is 0 Å². The van der Waals surface area contributed by atoms with Crippen molar-refractivity contribution in [3.63, 3.8) is 0 Å². The molecule has 3 aromatic heterocycles. The van der Waals surface area contributed by atoms with Gasteiger partial charge in [-0.25, -0.2) is 0 Å². The van der Waals surface area contributed by atoms with Gasteiger partial charge < -0.3 is 9.32 Å². The van der Waals surface area contributed by atoms with Gasteiger partial charge in [0.15, 0.2) is 11.6 Å². The molecular formula is C20H18N6O2. The normalized spacial score (nSPS) is 13.5. The number of fused-ring (bicyclic) bond motifs is 1. The summed E-state index contributed by atoms with van der Waals surface area (Å²) in [5.41, 5.74) is 3.82. The molecule has 0 atom stereocenters. The molecule has 0 unspecified atom stereocenters. The molecule has 1 aromatic carbocycles. The van der Waals surface area contributed by atoms with Gasteiger partial charge in [0.05, 0.1) is 12.8 Å². The first-order chi connectivity index (χ1) is 13.7. The van der Waals surface area contributed by atoms with Crippen LogP contribution in [0.2, 0.25) is 0 Å². The molecule has 4 heterocycles. The number of hydrogen-bond donors (Lipinski definition) is 0. The highest BCUT2D eigenvalue weighted by molar-refractivity contribution is 5.91. The van der Waals surface area contributed by atoms with Crippen LogP contribution in [-0.2, 0) is 20.0 Å². The van der Waals surface area contributed by atoms with E-state index in [0.717, 1.165) is 29.1 Å². The summed E-state index contributed by atoms with van der Waals surface area (Å²) < 4.78 is 9.07. The molecule has 8 heteroatoms. The largest absolute Gasteiger partial charge is 0.459 e. The molecule has 0 saturated heterocycles. The van der Waals surface area contributed by atoms with E-state index >= 15 is 0 Å². The van der Waals surface area contributed by atoms with E-state index in [-0.39, 0.29) is 5.91 Å². The SMILES string of the molecule is Cn1nc(-c2nncn2-c2ccccc2)c2c1CCN(C(=O)c1ccco1)C2. The zero-order chi connectivity index (χ0) is 19.1. The lowest BCUT2D eigenvalue weighted by atomic mass is 10.0. The average molecular weight is 374 g/mol. The number of rotatable bonds is 3.